The van der Waals surface area contributed by atoms with Crippen molar-refractivity contribution in [3.8, 4) is 0 Å². The third-order valence-electron chi connectivity index (χ3n) is 3.70. The van der Waals surface area contributed by atoms with E-state index in [9.17, 15) is 18.0 Å². The second kappa shape index (κ2) is 8.17. The summed E-state index contributed by atoms with van der Waals surface area (Å²) in [7, 11) is 0. The number of carboxylic acids is 1. The Morgan fingerprint density at radius 3 is 2.77 bits per heavy atom. The highest BCUT2D eigenvalue weighted by Gasteiger charge is 2.38. The van der Waals surface area contributed by atoms with Gasteiger partial charge < -0.3 is 14.8 Å². The molecular formula is C16H18F3N3O4. The number of aryl methyl sites for hydroxylation is 2. The maximum absolute atomic E-state index is 11.3. The molecule has 3 rings (SSSR count). The molecule has 0 radical (unpaired) electrons. The number of aliphatic carboxylic acids is 1. The number of aromatic nitrogens is 2. The van der Waals surface area contributed by atoms with Gasteiger partial charge in [0.05, 0.1) is 12.2 Å². The summed E-state index contributed by atoms with van der Waals surface area (Å²) in [6, 6.07) is 5.72. The molecule has 0 saturated heterocycles. The molecule has 1 aliphatic heterocycles. The molecule has 2 N–H and O–H groups in total. The van der Waals surface area contributed by atoms with Crippen LogP contribution in [0.25, 0.3) is 0 Å². The summed E-state index contributed by atoms with van der Waals surface area (Å²) in [5.74, 6) is -2.07. The van der Waals surface area contributed by atoms with Crippen LogP contribution in [0.2, 0.25) is 0 Å². The number of carboxylic acid groups (broad SMARTS) is 1. The van der Waals surface area contributed by atoms with Crippen LogP contribution in [-0.4, -0.2) is 27.0 Å². The highest BCUT2D eigenvalue weighted by molar-refractivity contribution is 5.73. The van der Waals surface area contributed by atoms with Crippen LogP contribution < -0.4 is 10.9 Å². The van der Waals surface area contributed by atoms with Crippen molar-refractivity contribution in [2.24, 2.45) is 0 Å². The van der Waals surface area contributed by atoms with Crippen molar-refractivity contribution in [1.82, 2.24) is 15.1 Å². The van der Waals surface area contributed by atoms with E-state index in [1.54, 1.807) is 0 Å². The van der Waals surface area contributed by atoms with Gasteiger partial charge in [0.2, 0.25) is 0 Å². The molecule has 1 unspecified atom stereocenters. The molecule has 1 atom stereocenters. The molecule has 0 fully saturated rings. The van der Waals surface area contributed by atoms with Gasteiger partial charge in [0, 0.05) is 24.8 Å². The molecule has 2 aromatic heterocycles. The Balaban J connectivity index is 0.000000298. The van der Waals surface area contributed by atoms with Gasteiger partial charge in [-0.05, 0) is 37.5 Å². The molecule has 0 aliphatic carbocycles. The molecule has 142 valence electrons. The van der Waals surface area contributed by atoms with Gasteiger partial charge in [-0.3, -0.25) is 4.68 Å². The van der Waals surface area contributed by atoms with E-state index in [0.29, 0.717) is 12.3 Å². The Kier molecular flexibility index (Phi) is 6.19. The van der Waals surface area contributed by atoms with Crippen LogP contribution >= 0.6 is 0 Å². The summed E-state index contributed by atoms with van der Waals surface area (Å²) in [4.78, 5) is 20.2. The fourth-order valence-corrected chi connectivity index (χ4v) is 2.61. The highest BCUT2D eigenvalue weighted by atomic mass is 19.4. The zero-order valence-corrected chi connectivity index (χ0v) is 13.9. The third-order valence-corrected chi connectivity index (χ3v) is 3.70. The summed E-state index contributed by atoms with van der Waals surface area (Å²) in [5.41, 5.74) is 1.86. The number of alkyl halides is 3. The van der Waals surface area contributed by atoms with Crippen molar-refractivity contribution in [1.29, 1.82) is 0 Å². The first-order valence-corrected chi connectivity index (χ1v) is 7.82. The van der Waals surface area contributed by atoms with Crippen molar-refractivity contribution in [2.45, 2.75) is 45.1 Å². The fraction of sp³-hybridized carbons (Fsp3) is 0.438. The summed E-state index contributed by atoms with van der Waals surface area (Å²) in [5, 5.41) is 14.9. The smallest absolute Gasteiger partial charge is 0.475 e. The van der Waals surface area contributed by atoms with E-state index >= 15 is 0 Å². The van der Waals surface area contributed by atoms with Crippen LogP contribution in [-0.2, 0) is 17.9 Å². The van der Waals surface area contributed by atoms with Gasteiger partial charge in [-0.2, -0.15) is 18.3 Å². The molecule has 0 saturated carbocycles. The van der Waals surface area contributed by atoms with Gasteiger partial charge in [0.25, 0.3) is 0 Å². The first-order valence-electron chi connectivity index (χ1n) is 7.82. The van der Waals surface area contributed by atoms with E-state index in [1.807, 2.05) is 29.9 Å². The Morgan fingerprint density at radius 2 is 2.15 bits per heavy atom. The lowest BCUT2D eigenvalue weighted by atomic mass is 10.0. The number of carbonyl (C=O) groups is 1. The van der Waals surface area contributed by atoms with Crippen LogP contribution in [0.1, 0.15) is 35.9 Å². The van der Waals surface area contributed by atoms with E-state index in [1.165, 1.54) is 11.8 Å². The molecule has 3 heterocycles. The lowest BCUT2D eigenvalue weighted by Crippen LogP contribution is -2.27. The second-order valence-electron chi connectivity index (χ2n) is 5.78. The first kappa shape index (κ1) is 19.7. The van der Waals surface area contributed by atoms with Crippen LogP contribution in [0.15, 0.2) is 33.6 Å². The average Bonchev–Trinajstić information content (AvgIpc) is 3.00. The zero-order chi connectivity index (χ0) is 19.3. The lowest BCUT2D eigenvalue weighted by Gasteiger charge is -2.24. The summed E-state index contributed by atoms with van der Waals surface area (Å²) >= 11 is 0. The molecule has 0 aromatic carbocycles. The number of rotatable bonds is 3. The molecule has 7 nitrogen and oxygen atoms in total. The summed E-state index contributed by atoms with van der Waals surface area (Å²) < 4.78 is 38.9. The van der Waals surface area contributed by atoms with Gasteiger partial charge in [-0.15, -0.1) is 0 Å². The van der Waals surface area contributed by atoms with Gasteiger partial charge in [-0.25, -0.2) is 9.59 Å². The van der Waals surface area contributed by atoms with E-state index in [-0.39, 0.29) is 11.7 Å². The van der Waals surface area contributed by atoms with Crippen LogP contribution in [0.3, 0.4) is 0 Å². The van der Waals surface area contributed by atoms with Crippen LogP contribution in [0, 0.1) is 6.92 Å². The van der Waals surface area contributed by atoms with Crippen molar-refractivity contribution in [3.63, 3.8) is 0 Å². The Labute approximate surface area is 146 Å². The number of hydrogen-bond acceptors (Lipinski definition) is 5. The lowest BCUT2D eigenvalue weighted by molar-refractivity contribution is -0.192. The monoisotopic (exact) mass is 373 g/mol. The zero-order valence-electron chi connectivity index (χ0n) is 13.9. The maximum Gasteiger partial charge on any atom is 0.490 e. The van der Waals surface area contributed by atoms with Crippen molar-refractivity contribution in [3.05, 3.63) is 51.8 Å². The van der Waals surface area contributed by atoms with E-state index in [4.69, 9.17) is 14.3 Å². The number of halogens is 3. The van der Waals surface area contributed by atoms with Crippen molar-refractivity contribution in [2.75, 3.05) is 0 Å². The number of fused-ring (bicyclic) bond motifs is 1. The molecular weight excluding hydrogens is 355 g/mol. The minimum Gasteiger partial charge on any atom is -0.475 e. The van der Waals surface area contributed by atoms with Gasteiger partial charge >= 0.3 is 17.8 Å². The standard InChI is InChI=1S/C14H17N3O2.C2HF3O2/c1-10-7-11(19-14(18)8-10)9-15-12-3-2-6-17-13(12)4-5-16-17;3-2(4,5)1(6)7/h4-5,7-8,12,15H,2-3,6,9H2,1H3;(H,6,7). The molecule has 26 heavy (non-hydrogen) atoms. The minimum atomic E-state index is -5.08. The third kappa shape index (κ3) is 5.45. The highest BCUT2D eigenvalue weighted by Crippen LogP contribution is 2.24. The van der Waals surface area contributed by atoms with Crippen LogP contribution in [0.4, 0.5) is 13.2 Å². The van der Waals surface area contributed by atoms with Crippen molar-refractivity contribution >= 4 is 5.97 Å². The predicted molar refractivity (Wildman–Crippen MR) is 84.4 cm³/mol. The maximum atomic E-state index is 11.3. The normalized spacial score (nSPS) is 16.4. The number of nitrogens with zero attached hydrogens (tertiary/aromatic N) is 2. The summed E-state index contributed by atoms with van der Waals surface area (Å²) in [6.45, 7) is 3.45. The molecule has 1 aliphatic rings. The summed E-state index contributed by atoms with van der Waals surface area (Å²) in [6.07, 6.45) is -1.05. The molecule has 10 heteroatoms. The molecule has 2 aromatic rings. The SMILES string of the molecule is Cc1cc(CNC2CCCn3nccc32)oc(=O)c1.O=C(O)C(F)(F)F. The fourth-order valence-electron chi connectivity index (χ4n) is 2.61. The molecule has 0 spiro atoms. The van der Waals surface area contributed by atoms with Gasteiger partial charge in [-0.1, -0.05) is 0 Å². The van der Waals surface area contributed by atoms with Crippen LogP contribution in [0.5, 0.6) is 0 Å². The Morgan fingerprint density at radius 1 is 1.46 bits per heavy atom. The molecule has 0 bridgehead atoms. The average molecular weight is 373 g/mol. The second-order valence-corrected chi connectivity index (χ2v) is 5.78. The quantitative estimate of drug-likeness (QED) is 0.858. The molecule has 0 amide bonds. The van der Waals surface area contributed by atoms with E-state index in [0.717, 1.165) is 24.9 Å². The Bertz CT molecular complexity index is 814. The topological polar surface area (TPSA) is 97.4 Å². The van der Waals surface area contributed by atoms with Crippen molar-refractivity contribution < 1.29 is 27.5 Å². The van der Waals surface area contributed by atoms with Gasteiger partial charge in [0.1, 0.15) is 5.76 Å². The number of hydrogen-bond donors (Lipinski definition) is 2. The Hall–Kier alpha value is -2.62. The predicted octanol–water partition coefficient (Wildman–Crippen LogP) is 2.40. The van der Waals surface area contributed by atoms with Gasteiger partial charge in [0.15, 0.2) is 0 Å². The largest absolute Gasteiger partial charge is 0.490 e. The van der Waals surface area contributed by atoms with E-state index < -0.39 is 12.1 Å². The minimum absolute atomic E-state index is 0.280. The van der Waals surface area contributed by atoms with E-state index in [2.05, 4.69) is 10.4 Å². The number of nitrogens with one attached hydrogen (secondary N) is 1. The first-order chi connectivity index (χ1) is 12.2.